The van der Waals surface area contributed by atoms with Crippen LogP contribution in [0.3, 0.4) is 0 Å². The van der Waals surface area contributed by atoms with Gasteiger partial charge in [-0.15, -0.1) is 11.8 Å². The molecule has 3 N–H and O–H groups in total. The van der Waals surface area contributed by atoms with E-state index in [4.69, 9.17) is 5.73 Å². The number of hydrogen-bond donors (Lipinski definition) is 2. The lowest BCUT2D eigenvalue weighted by molar-refractivity contribution is -0.137. The van der Waals surface area contributed by atoms with Crippen molar-refractivity contribution in [3.63, 3.8) is 0 Å². The van der Waals surface area contributed by atoms with E-state index in [2.05, 4.69) is 5.32 Å². The van der Waals surface area contributed by atoms with Gasteiger partial charge < -0.3 is 11.1 Å². The average molecular weight is 348 g/mol. The first kappa shape index (κ1) is 19.3. The molecule has 0 spiro atoms. The van der Waals surface area contributed by atoms with Gasteiger partial charge in [-0.3, -0.25) is 9.59 Å². The van der Waals surface area contributed by atoms with Gasteiger partial charge in [0.25, 0.3) is 0 Å². The van der Waals surface area contributed by atoms with Crippen LogP contribution in [0, 0.1) is 0 Å². The quantitative estimate of drug-likeness (QED) is 0.759. The fraction of sp³-hybridized carbons (Fsp3) is 0.467. The number of alkyl halides is 3. The number of hydrogen-bond acceptors (Lipinski definition) is 3. The van der Waals surface area contributed by atoms with Gasteiger partial charge in [-0.1, -0.05) is 25.5 Å². The summed E-state index contributed by atoms with van der Waals surface area (Å²) in [5, 5.41) is 2.71. The largest absolute Gasteiger partial charge is 0.416 e. The van der Waals surface area contributed by atoms with Crippen LogP contribution in [0.15, 0.2) is 24.3 Å². The third-order valence-electron chi connectivity index (χ3n) is 3.01. The highest BCUT2D eigenvalue weighted by molar-refractivity contribution is 8.00. The highest BCUT2D eigenvalue weighted by atomic mass is 32.2. The minimum Gasteiger partial charge on any atom is -0.369 e. The number of rotatable bonds is 8. The van der Waals surface area contributed by atoms with Crippen LogP contribution in [0.25, 0.3) is 0 Å². The molecule has 0 radical (unpaired) electrons. The second kappa shape index (κ2) is 8.81. The first-order valence-electron chi connectivity index (χ1n) is 7.06. The van der Waals surface area contributed by atoms with Crippen molar-refractivity contribution in [2.45, 2.75) is 32.0 Å². The molecule has 128 valence electrons. The minimum absolute atomic E-state index is 0.0232. The minimum atomic E-state index is -4.42. The molecular formula is C15H19F3N2O2S. The number of primary amides is 1. The van der Waals surface area contributed by atoms with Crippen LogP contribution in [0.2, 0.25) is 0 Å². The lowest BCUT2D eigenvalue weighted by atomic mass is 10.00. The molecule has 4 nitrogen and oxygen atoms in total. The van der Waals surface area contributed by atoms with E-state index in [1.165, 1.54) is 6.07 Å². The van der Waals surface area contributed by atoms with Gasteiger partial charge in [0.2, 0.25) is 11.8 Å². The lowest BCUT2D eigenvalue weighted by Gasteiger charge is -2.20. The molecule has 0 saturated heterocycles. The van der Waals surface area contributed by atoms with Crippen LogP contribution in [0.1, 0.15) is 36.9 Å². The van der Waals surface area contributed by atoms with E-state index in [-0.39, 0.29) is 17.4 Å². The molecule has 0 saturated carbocycles. The van der Waals surface area contributed by atoms with Gasteiger partial charge in [0.1, 0.15) is 0 Å². The summed E-state index contributed by atoms with van der Waals surface area (Å²) >= 11 is 1.07. The number of benzene rings is 1. The first-order chi connectivity index (χ1) is 10.7. The normalized spacial score (nSPS) is 12.7. The van der Waals surface area contributed by atoms with Gasteiger partial charge in [0, 0.05) is 0 Å². The molecule has 0 fully saturated rings. The molecule has 23 heavy (non-hydrogen) atoms. The fourth-order valence-corrected chi connectivity index (χ4v) is 2.59. The van der Waals surface area contributed by atoms with Crippen LogP contribution in [0.5, 0.6) is 0 Å². The Morgan fingerprint density at radius 3 is 2.57 bits per heavy atom. The van der Waals surface area contributed by atoms with Crippen LogP contribution >= 0.6 is 11.8 Å². The Hall–Kier alpha value is -1.70. The number of amides is 2. The Labute approximate surface area is 137 Å². The van der Waals surface area contributed by atoms with E-state index in [9.17, 15) is 22.8 Å². The van der Waals surface area contributed by atoms with Crippen molar-refractivity contribution in [1.82, 2.24) is 5.32 Å². The third-order valence-corrected chi connectivity index (χ3v) is 3.96. The van der Waals surface area contributed by atoms with Crippen molar-refractivity contribution >= 4 is 23.6 Å². The van der Waals surface area contributed by atoms with E-state index in [0.29, 0.717) is 18.4 Å². The summed E-state index contributed by atoms with van der Waals surface area (Å²) in [5.74, 6) is -0.810. The van der Waals surface area contributed by atoms with E-state index in [1.807, 2.05) is 6.92 Å². The molecule has 1 aromatic carbocycles. The van der Waals surface area contributed by atoms with E-state index in [1.54, 1.807) is 6.07 Å². The fourth-order valence-electron chi connectivity index (χ4n) is 2.02. The molecule has 0 bridgehead atoms. The molecule has 2 amide bonds. The summed E-state index contributed by atoms with van der Waals surface area (Å²) in [7, 11) is 0. The summed E-state index contributed by atoms with van der Waals surface area (Å²) in [4.78, 5) is 22.5. The van der Waals surface area contributed by atoms with Gasteiger partial charge in [-0.05, 0) is 24.1 Å². The van der Waals surface area contributed by atoms with E-state index < -0.39 is 23.7 Å². The van der Waals surface area contributed by atoms with Gasteiger partial charge in [-0.25, -0.2) is 0 Å². The predicted octanol–water partition coefficient (Wildman–Crippen LogP) is 2.88. The van der Waals surface area contributed by atoms with Gasteiger partial charge in [-0.2, -0.15) is 13.2 Å². The molecule has 1 atom stereocenters. The van der Waals surface area contributed by atoms with Crippen LogP contribution in [0.4, 0.5) is 13.2 Å². The summed E-state index contributed by atoms with van der Waals surface area (Å²) in [6.45, 7) is 1.88. The van der Waals surface area contributed by atoms with Crippen molar-refractivity contribution in [1.29, 1.82) is 0 Å². The van der Waals surface area contributed by atoms with Gasteiger partial charge >= 0.3 is 6.18 Å². The molecule has 0 aromatic heterocycles. The summed E-state index contributed by atoms with van der Waals surface area (Å²) in [6, 6.07) is 4.44. The molecule has 0 aliphatic rings. The van der Waals surface area contributed by atoms with Crippen molar-refractivity contribution < 1.29 is 22.8 Å². The number of halogens is 3. The first-order valence-corrected chi connectivity index (χ1v) is 8.22. The standard InChI is InChI=1S/C15H19F3N2O2S/c1-2-4-12(20-14(22)9-23-8-13(19)21)10-5-3-6-11(7-10)15(16,17)18/h3,5-7,12H,2,4,8-9H2,1H3,(H2,19,21)(H,20,22). The topological polar surface area (TPSA) is 72.2 Å². The van der Waals surface area contributed by atoms with E-state index in [0.717, 1.165) is 23.9 Å². The molecule has 1 aromatic rings. The van der Waals surface area contributed by atoms with Crippen LogP contribution in [-0.2, 0) is 15.8 Å². The molecule has 0 heterocycles. The monoisotopic (exact) mass is 348 g/mol. The molecule has 0 aliphatic heterocycles. The van der Waals surface area contributed by atoms with Gasteiger partial charge in [0.05, 0.1) is 23.1 Å². The smallest absolute Gasteiger partial charge is 0.369 e. The number of carbonyl (C=O) groups excluding carboxylic acids is 2. The Bertz CT molecular complexity index is 550. The summed E-state index contributed by atoms with van der Waals surface area (Å²) < 4.78 is 38.4. The zero-order chi connectivity index (χ0) is 17.5. The zero-order valence-corrected chi connectivity index (χ0v) is 13.5. The Kier molecular flexibility index (Phi) is 7.41. The SMILES string of the molecule is CCCC(NC(=O)CSCC(N)=O)c1cccc(C(F)(F)F)c1. The van der Waals surface area contributed by atoms with Crippen molar-refractivity contribution in [3.8, 4) is 0 Å². The predicted molar refractivity (Wildman–Crippen MR) is 83.8 cm³/mol. The molecule has 0 aliphatic carbocycles. The number of nitrogens with one attached hydrogen (secondary N) is 1. The Balaban J connectivity index is 2.78. The Morgan fingerprint density at radius 2 is 2.00 bits per heavy atom. The van der Waals surface area contributed by atoms with E-state index >= 15 is 0 Å². The highest BCUT2D eigenvalue weighted by Gasteiger charge is 2.31. The second-order valence-corrected chi connectivity index (χ2v) is 5.98. The maximum Gasteiger partial charge on any atom is 0.416 e. The maximum absolute atomic E-state index is 12.8. The molecular weight excluding hydrogens is 329 g/mol. The summed E-state index contributed by atoms with van der Waals surface area (Å²) in [6.07, 6.45) is -3.20. The third kappa shape index (κ3) is 6.94. The number of carbonyl (C=O) groups is 2. The van der Waals surface area contributed by atoms with Crippen LogP contribution in [-0.4, -0.2) is 23.3 Å². The highest BCUT2D eigenvalue weighted by Crippen LogP contribution is 2.31. The van der Waals surface area contributed by atoms with Crippen molar-refractivity contribution in [2.24, 2.45) is 5.73 Å². The van der Waals surface area contributed by atoms with Crippen molar-refractivity contribution in [2.75, 3.05) is 11.5 Å². The average Bonchev–Trinajstić information content (AvgIpc) is 2.45. The van der Waals surface area contributed by atoms with Crippen LogP contribution < -0.4 is 11.1 Å². The van der Waals surface area contributed by atoms with Gasteiger partial charge in [0.15, 0.2) is 0 Å². The molecule has 1 unspecified atom stereocenters. The molecule has 1 rings (SSSR count). The zero-order valence-electron chi connectivity index (χ0n) is 12.7. The van der Waals surface area contributed by atoms with Crippen molar-refractivity contribution in [3.05, 3.63) is 35.4 Å². The summed E-state index contributed by atoms with van der Waals surface area (Å²) in [5.41, 5.74) is 4.65. The number of thioether (sulfide) groups is 1. The Morgan fingerprint density at radius 1 is 1.30 bits per heavy atom. The molecule has 8 heteroatoms. The maximum atomic E-state index is 12.8. The lowest BCUT2D eigenvalue weighted by Crippen LogP contribution is -2.30. The second-order valence-electron chi connectivity index (χ2n) is 4.99. The number of nitrogens with two attached hydrogens (primary N) is 1.